The molecule has 0 spiro atoms. The Morgan fingerprint density at radius 2 is 1.14 bits per heavy atom. The van der Waals surface area contributed by atoms with Gasteiger partial charge >= 0.3 is 7.82 Å². The lowest BCUT2D eigenvalue weighted by atomic mass is 10.0. The predicted octanol–water partition coefficient (Wildman–Crippen LogP) is 11.0. The van der Waals surface area contributed by atoms with Gasteiger partial charge < -0.3 is 19.8 Å². The molecule has 0 heterocycles. The van der Waals surface area contributed by atoms with Gasteiger partial charge in [-0.2, -0.15) is 0 Å². The average molecular weight is 739 g/mol. The smallest absolute Gasteiger partial charge is 0.387 e. The van der Waals surface area contributed by atoms with Crippen molar-refractivity contribution in [1.29, 1.82) is 0 Å². The number of amides is 1. The molecule has 50 heavy (non-hydrogen) atoms. The maximum Gasteiger partial charge on any atom is 0.472 e. The van der Waals surface area contributed by atoms with E-state index in [9.17, 15) is 19.4 Å². The highest BCUT2D eigenvalue weighted by molar-refractivity contribution is 7.47. The van der Waals surface area contributed by atoms with E-state index in [1.165, 1.54) is 96.0 Å². The first kappa shape index (κ1) is 34.7. The number of hydrogen-bond acceptors (Lipinski definition) is 5. The molecule has 0 fully saturated rings. The SMILES string of the molecule is [2H]C([2H])([2H])[N+](CCOP(=O)(O)OC[C@H](NC(=O)CCCCCCC/C=C\CCCCCCCC)[C@H](O)/C=C/CCCCCCCCCCCCC)(C([2H])([2H])[2H])C([2H])([2H])[2H]. The molecule has 0 bridgehead atoms. The Balaban J connectivity index is 5.11. The van der Waals surface area contributed by atoms with E-state index in [0.29, 0.717) is 12.8 Å². The van der Waals surface area contributed by atoms with E-state index in [1.54, 1.807) is 6.08 Å². The van der Waals surface area contributed by atoms with E-state index in [4.69, 9.17) is 21.4 Å². The van der Waals surface area contributed by atoms with Crippen LogP contribution in [0.25, 0.3) is 0 Å². The third-order valence-electron chi connectivity index (χ3n) is 8.83. The summed E-state index contributed by atoms with van der Waals surface area (Å²) in [6, 6.07) is -1.15. The third kappa shape index (κ3) is 35.4. The normalized spacial score (nSPS) is 18.2. The number of unbranched alkanes of at least 4 members (excludes halogenated alkanes) is 22. The van der Waals surface area contributed by atoms with Crippen LogP contribution in [-0.2, 0) is 18.4 Å². The molecule has 296 valence electrons. The van der Waals surface area contributed by atoms with Crippen molar-refractivity contribution in [1.82, 2.24) is 5.32 Å². The molecule has 0 aliphatic carbocycles. The first-order chi connectivity index (χ1) is 27.8. The van der Waals surface area contributed by atoms with Gasteiger partial charge in [0.25, 0.3) is 0 Å². The molecular weight excluding hydrogens is 647 g/mol. The zero-order valence-electron chi connectivity index (χ0n) is 40.9. The summed E-state index contributed by atoms with van der Waals surface area (Å²) in [5.74, 6) is -0.377. The van der Waals surface area contributed by atoms with Gasteiger partial charge in [-0.05, 0) is 44.9 Å². The first-order valence-corrected chi connectivity index (χ1v) is 21.5. The van der Waals surface area contributed by atoms with Gasteiger partial charge in [0.05, 0.1) is 52.0 Å². The highest BCUT2D eigenvalue weighted by Crippen LogP contribution is 2.43. The van der Waals surface area contributed by atoms with Crippen LogP contribution in [0.5, 0.6) is 0 Å². The maximum atomic E-state index is 12.9. The number of quaternary nitrogens is 1. The molecule has 0 saturated carbocycles. The van der Waals surface area contributed by atoms with Crippen molar-refractivity contribution in [3.63, 3.8) is 0 Å². The monoisotopic (exact) mass is 739 g/mol. The summed E-state index contributed by atoms with van der Waals surface area (Å²) in [5, 5.41) is 13.7. The van der Waals surface area contributed by atoms with Crippen LogP contribution in [0.4, 0.5) is 0 Å². The quantitative estimate of drug-likeness (QED) is 0.0254. The third-order valence-corrected chi connectivity index (χ3v) is 9.81. The Morgan fingerprint density at radius 1 is 0.700 bits per heavy atom. The Bertz CT molecular complexity index is 1130. The van der Waals surface area contributed by atoms with Crippen LogP contribution in [0.1, 0.15) is 193 Å². The zero-order valence-corrected chi connectivity index (χ0v) is 32.8. The van der Waals surface area contributed by atoms with Crippen LogP contribution in [0.2, 0.25) is 0 Å². The van der Waals surface area contributed by atoms with Gasteiger partial charge in [-0.15, -0.1) is 0 Å². The van der Waals surface area contributed by atoms with Gasteiger partial charge in [0.15, 0.2) is 0 Å². The van der Waals surface area contributed by atoms with E-state index < -0.39 is 65.1 Å². The van der Waals surface area contributed by atoms with Crippen molar-refractivity contribution >= 4 is 13.7 Å². The fraction of sp³-hybridized carbons (Fsp3) is 0.878. The molecule has 1 unspecified atom stereocenters. The number of phosphoric acid groups is 1. The number of nitrogens with one attached hydrogen (secondary N) is 1. The summed E-state index contributed by atoms with van der Waals surface area (Å²) in [6.45, 7) is -9.13. The van der Waals surface area contributed by atoms with Gasteiger partial charge in [0.1, 0.15) is 13.2 Å². The number of likely N-dealkylation sites (N-methyl/N-ethyl adjacent to an activating group) is 1. The molecule has 9 heteroatoms. The van der Waals surface area contributed by atoms with Gasteiger partial charge in [-0.25, -0.2) is 4.57 Å². The number of rotatable bonds is 37. The minimum absolute atomic E-state index is 0.177. The van der Waals surface area contributed by atoms with Crippen molar-refractivity contribution in [2.24, 2.45) is 0 Å². The van der Waals surface area contributed by atoms with Gasteiger partial charge in [0, 0.05) is 6.42 Å². The van der Waals surface area contributed by atoms with Gasteiger partial charge in [0.2, 0.25) is 5.91 Å². The summed E-state index contributed by atoms with van der Waals surface area (Å²) in [5.41, 5.74) is 0. The lowest BCUT2D eigenvalue weighted by Gasteiger charge is -2.25. The number of aliphatic hydroxyl groups excluding tert-OH is 1. The Morgan fingerprint density at radius 3 is 1.62 bits per heavy atom. The highest BCUT2D eigenvalue weighted by Gasteiger charge is 2.27. The number of nitrogens with zero attached hydrogens (tertiary/aromatic N) is 1. The molecule has 0 saturated heterocycles. The van der Waals surface area contributed by atoms with Gasteiger partial charge in [-0.3, -0.25) is 13.8 Å². The molecule has 0 aliphatic heterocycles. The number of hydrogen-bond donors (Lipinski definition) is 3. The van der Waals surface area contributed by atoms with E-state index in [0.717, 1.165) is 57.8 Å². The molecule has 3 atom stereocenters. The average Bonchev–Trinajstić information content (AvgIpc) is 3.13. The van der Waals surface area contributed by atoms with Crippen LogP contribution in [0.15, 0.2) is 24.3 Å². The predicted molar refractivity (Wildman–Crippen MR) is 212 cm³/mol. The molecule has 0 aromatic rings. The van der Waals surface area contributed by atoms with Crippen molar-refractivity contribution in [3.8, 4) is 0 Å². The van der Waals surface area contributed by atoms with Crippen LogP contribution in [0, 0.1) is 0 Å². The van der Waals surface area contributed by atoms with E-state index in [2.05, 4.69) is 31.3 Å². The zero-order chi connectivity index (χ0) is 44.7. The Labute approximate surface area is 322 Å². The fourth-order valence-electron chi connectivity index (χ4n) is 5.66. The lowest BCUT2D eigenvalue weighted by Crippen LogP contribution is -2.45. The summed E-state index contributed by atoms with van der Waals surface area (Å²) in [6.07, 6.45) is 35.2. The molecule has 0 aromatic carbocycles. The number of carbonyl (C=O) groups is 1. The van der Waals surface area contributed by atoms with Crippen LogP contribution < -0.4 is 5.32 Å². The minimum Gasteiger partial charge on any atom is -0.387 e. The molecule has 3 N–H and O–H groups in total. The lowest BCUT2D eigenvalue weighted by molar-refractivity contribution is -0.870. The Hall–Kier alpha value is -1.02. The molecule has 0 aromatic heterocycles. The number of aliphatic hydroxyl groups is 1. The number of carbonyl (C=O) groups excluding carboxylic acids is 1. The summed E-state index contributed by atoms with van der Waals surface area (Å²) in [4.78, 5) is 23.3. The van der Waals surface area contributed by atoms with Crippen molar-refractivity contribution < 1.29 is 45.2 Å². The fourth-order valence-corrected chi connectivity index (χ4v) is 6.40. The molecular formula is C41H82N2O6P+. The first-order valence-electron chi connectivity index (χ1n) is 24.5. The standard InChI is InChI=1S/C41H81N2O6P/c1-6-8-10-12-14-16-18-20-21-23-25-27-29-31-33-35-41(45)42-39(38-49-50(46,47)48-37-36-43(3,4)5)40(44)34-32-30-28-26-24-22-19-17-15-13-11-9-7-2/h20-21,32,34,39-40,44H,6-19,22-31,33,35-38H2,1-5H3,(H-,42,45,46,47)/p+1/b21-20-,34-32+/t39-,40+/m0/s1/i3D3,4D3,5D3. The van der Waals surface area contributed by atoms with Crippen LogP contribution >= 0.6 is 7.82 Å². The summed E-state index contributed by atoms with van der Waals surface area (Å²) < 4.78 is 89.9. The maximum absolute atomic E-state index is 12.9. The molecule has 0 radical (unpaired) electrons. The molecule has 8 nitrogen and oxygen atoms in total. The van der Waals surface area contributed by atoms with Crippen molar-refractivity contribution in [2.45, 2.75) is 193 Å². The van der Waals surface area contributed by atoms with E-state index >= 15 is 0 Å². The van der Waals surface area contributed by atoms with Crippen LogP contribution in [-0.4, -0.2) is 73.2 Å². The van der Waals surface area contributed by atoms with E-state index in [-0.39, 0.29) is 12.3 Å². The second kappa shape index (κ2) is 33.8. The topological polar surface area (TPSA) is 105 Å². The molecule has 0 aliphatic rings. The minimum atomic E-state index is -5.04. The largest absolute Gasteiger partial charge is 0.472 e. The Kier molecular flexibility index (Phi) is 23.5. The highest BCUT2D eigenvalue weighted by atomic mass is 31.2. The number of allylic oxidation sites excluding steroid dienone is 3. The summed E-state index contributed by atoms with van der Waals surface area (Å²) in [7, 11) is -5.04. The number of phosphoric ester groups is 1. The summed E-state index contributed by atoms with van der Waals surface area (Å²) >= 11 is 0. The molecule has 1 amide bonds. The van der Waals surface area contributed by atoms with Crippen LogP contribution in [0.3, 0.4) is 0 Å². The van der Waals surface area contributed by atoms with E-state index in [1.807, 2.05) is 0 Å². The second-order valence-corrected chi connectivity index (χ2v) is 15.3. The molecule has 0 rings (SSSR count). The van der Waals surface area contributed by atoms with Crippen molar-refractivity contribution in [2.75, 3.05) is 40.7 Å². The van der Waals surface area contributed by atoms with Gasteiger partial charge in [-0.1, -0.05) is 154 Å². The second-order valence-electron chi connectivity index (χ2n) is 13.9. The van der Waals surface area contributed by atoms with Crippen molar-refractivity contribution in [3.05, 3.63) is 24.3 Å².